The van der Waals surface area contributed by atoms with Crippen LogP contribution in [0.3, 0.4) is 0 Å². The van der Waals surface area contributed by atoms with Gasteiger partial charge in [0.25, 0.3) is 7.82 Å². The molecule has 1 aliphatic rings. The van der Waals surface area contributed by atoms with E-state index in [0.29, 0.717) is 16.9 Å². The van der Waals surface area contributed by atoms with Crippen LogP contribution in [0.2, 0.25) is 0 Å². The predicted molar refractivity (Wildman–Crippen MR) is 73.3 cm³/mol. The molecular formula is C13H28NO4P. The Morgan fingerprint density at radius 3 is 2.42 bits per heavy atom. The smallest absolute Gasteiger partial charge is 0.265 e. The molecule has 4 atom stereocenters. The molecule has 0 heterocycles. The van der Waals surface area contributed by atoms with Gasteiger partial charge >= 0.3 is 0 Å². The lowest BCUT2D eigenvalue weighted by Crippen LogP contribution is -2.47. The van der Waals surface area contributed by atoms with Gasteiger partial charge in [0.2, 0.25) is 0 Å². The lowest BCUT2D eigenvalue weighted by molar-refractivity contribution is -0.873. The summed E-state index contributed by atoms with van der Waals surface area (Å²) in [7, 11) is 1.35. The Labute approximate surface area is 116 Å². The SMILES string of the molecule is CCC1CCCCC1C(C[N+](C)(C)C)OP(=O)([O-])O. The Morgan fingerprint density at radius 1 is 1.37 bits per heavy atom. The molecule has 0 aromatic carbocycles. The molecule has 0 bridgehead atoms. The summed E-state index contributed by atoms with van der Waals surface area (Å²) < 4.78 is 16.8. The second-order valence-electron chi connectivity index (χ2n) is 6.70. The molecular weight excluding hydrogens is 265 g/mol. The first kappa shape index (κ1) is 17.1. The van der Waals surface area contributed by atoms with E-state index in [1.54, 1.807) is 0 Å². The van der Waals surface area contributed by atoms with Crippen LogP contribution in [-0.2, 0) is 9.09 Å². The number of phosphoric ester groups is 1. The second-order valence-corrected chi connectivity index (χ2v) is 7.85. The van der Waals surface area contributed by atoms with Crippen LogP contribution in [0.5, 0.6) is 0 Å². The molecule has 0 amide bonds. The van der Waals surface area contributed by atoms with Gasteiger partial charge in [0, 0.05) is 0 Å². The van der Waals surface area contributed by atoms with Crippen LogP contribution in [0.1, 0.15) is 39.0 Å². The van der Waals surface area contributed by atoms with Crippen molar-refractivity contribution in [3.63, 3.8) is 0 Å². The minimum absolute atomic E-state index is 0.227. The van der Waals surface area contributed by atoms with Gasteiger partial charge in [0.05, 0.1) is 21.1 Å². The Hall–Kier alpha value is 0.0700. The van der Waals surface area contributed by atoms with Gasteiger partial charge < -0.3 is 18.8 Å². The van der Waals surface area contributed by atoms with E-state index in [2.05, 4.69) is 6.92 Å². The summed E-state index contributed by atoms with van der Waals surface area (Å²) in [4.78, 5) is 20.2. The highest BCUT2D eigenvalue weighted by Crippen LogP contribution is 2.42. The van der Waals surface area contributed by atoms with E-state index in [1.165, 1.54) is 6.42 Å². The van der Waals surface area contributed by atoms with Crippen molar-refractivity contribution < 1.29 is 23.4 Å². The first-order valence-corrected chi connectivity index (χ1v) is 8.64. The molecule has 114 valence electrons. The quantitative estimate of drug-likeness (QED) is 0.598. The van der Waals surface area contributed by atoms with Gasteiger partial charge in [0.15, 0.2) is 0 Å². The third-order valence-electron chi connectivity index (χ3n) is 3.97. The average Bonchev–Trinajstić information content (AvgIpc) is 2.24. The molecule has 1 saturated carbocycles. The number of hydrogen-bond acceptors (Lipinski definition) is 3. The first-order valence-electron chi connectivity index (χ1n) is 7.15. The Kier molecular flexibility index (Phi) is 6.02. The van der Waals surface area contributed by atoms with E-state index in [0.717, 1.165) is 25.7 Å². The number of hydrogen-bond donors (Lipinski definition) is 1. The van der Waals surface area contributed by atoms with Crippen molar-refractivity contribution >= 4 is 7.82 Å². The zero-order valence-electron chi connectivity index (χ0n) is 12.5. The highest BCUT2D eigenvalue weighted by Gasteiger charge is 2.36. The Balaban J connectivity index is 2.84. The van der Waals surface area contributed by atoms with Gasteiger partial charge in [-0.1, -0.05) is 32.6 Å². The molecule has 5 nitrogen and oxygen atoms in total. The van der Waals surface area contributed by atoms with E-state index in [4.69, 9.17) is 9.42 Å². The van der Waals surface area contributed by atoms with Gasteiger partial charge in [-0.2, -0.15) is 0 Å². The van der Waals surface area contributed by atoms with E-state index in [1.807, 2.05) is 21.1 Å². The summed E-state index contributed by atoms with van der Waals surface area (Å²) in [5, 5.41) is 0. The molecule has 0 spiro atoms. The molecule has 1 rings (SSSR count). The standard InChI is InChI=1S/C13H28NO4P/c1-5-11-8-6-7-9-12(11)13(10-14(2,3)4)18-19(15,16)17/h11-13H,5-10H2,1-4H3,(H-,15,16,17). The molecule has 0 aliphatic heterocycles. The summed E-state index contributed by atoms with van der Waals surface area (Å²) in [6, 6.07) is 0. The van der Waals surface area contributed by atoms with Crippen molar-refractivity contribution in [3.05, 3.63) is 0 Å². The summed E-state index contributed by atoms with van der Waals surface area (Å²) in [5.41, 5.74) is 0. The normalized spacial score (nSPS) is 29.8. The number of nitrogens with zero attached hydrogens (tertiary/aromatic N) is 1. The lowest BCUT2D eigenvalue weighted by Gasteiger charge is -2.40. The maximum Gasteiger partial charge on any atom is 0.265 e. The van der Waals surface area contributed by atoms with Gasteiger partial charge in [-0.25, -0.2) is 0 Å². The Morgan fingerprint density at radius 2 is 1.95 bits per heavy atom. The molecule has 0 saturated heterocycles. The third kappa shape index (κ3) is 6.37. The minimum Gasteiger partial charge on any atom is -0.756 e. The van der Waals surface area contributed by atoms with Crippen LogP contribution < -0.4 is 4.89 Å². The molecule has 1 fully saturated rings. The summed E-state index contributed by atoms with van der Waals surface area (Å²) in [5.74, 6) is 0.724. The monoisotopic (exact) mass is 293 g/mol. The summed E-state index contributed by atoms with van der Waals surface area (Å²) in [6.07, 6.45) is 5.07. The van der Waals surface area contributed by atoms with Crippen LogP contribution in [-0.4, -0.2) is 43.2 Å². The molecule has 0 aromatic heterocycles. The zero-order chi connectivity index (χ0) is 14.7. The zero-order valence-corrected chi connectivity index (χ0v) is 13.4. The maximum absolute atomic E-state index is 11.1. The number of likely N-dealkylation sites (N-methyl/N-ethyl adjacent to an activating group) is 1. The van der Waals surface area contributed by atoms with Gasteiger partial charge in [0.1, 0.15) is 12.6 Å². The second kappa shape index (κ2) is 6.68. The molecule has 0 radical (unpaired) electrons. The van der Waals surface area contributed by atoms with E-state index < -0.39 is 13.9 Å². The van der Waals surface area contributed by atoms with Crippen molar-refractivity contribution in [1.82, 2.24) is 0 Å². The van der Waals surface area contributed by atoms with Gasteiger partial charge in [-0.3, -0.25) is 4.57 Å². The van der Waals surface area contributed by atoms with Crippen LogP contribution in [0.4, 0.5) is 0 Å². The molecule has 19 heavy (non-hydrogen) atoms. The van der Waals surface area contributed by atoms with E-state index in [-0.39, 0.29) is 5.92 Å². The topological polar surface area (TPSA) is 69.6 Å². The highest BCUT2D eigenvalue weighted by atomic mass is 31.2. The number of rotatable bonds is 6. The fourth-order valence-electron chi connectivity index (χ4n) is 3.19. The minimum atomic E-state index is -4.67. The van der Waals surface area contributed by atoms with Crippen molar-refractivity contribution in [3.8, 4) is 0 Å². The average molecular weight is 293 g/mol. The molecule has 1 N–H and O–H groups in total. The first-order chi connectivity index (χ1) is 8.62. The van der Waals surface area contributed by atoms with Crippen molar-refractivity contribution in [2.24, 2.45) is 11.8 Å². The van der Waals surface area contributed by atoms with E-state index in [9.17, 15) is 9.46 Å². The number of quaternary nitrogens is 1. The van der Waals surface area contributed by atoms with Gasteiger partial charge in [-0.15, -0.1) is 0 Å². The van der Waals surface area contributed by atoms with Crippen LogP contribution in [0, 0.1) is 11.8 Å². The third-order valence-corrected chi connectivity index (χ3v) is 4.50. The van der Waals surface area contributed by atoms with Crippen LogP contribution >= 0.6 is 7.82 Å². The van der Waals surface area contributed by atoms with E-state index >= 15 is 0 Å². The van der Waals surface area contributed by atoms with Gasteiger partial charge in [-0.05, 0) is 18.3 Å². The summed E-state index contributed by atoms with van der Waals surface area (Å²) in [6.45, 7) is 2.73. The van der Waals surface area contributed by atoms with Crippen LogP contribution in [0.25, 0.3) is 0 Å². The highest BCUT2D eigenvalue weighted by molar-refractivity contribution is 7.44. The Bertz CT molecular complexity index is 323. The predicted octanol–water partition coefficient (Wildman–Crippen LogP) is 1.75. The van der Waals surface area contributed by atoms with Crippen molar-refractivity contribution in [1.29, 1.82) is 0 Å². The van der Waals surface area contributed by atoms with Crippen molar-refractivity contribution in [2.75, 3.05) is 27.7 Å². The van der Waals surface area contributed by atoms with Crippen LogP contribution in [0.15, 0.2) is 0 Å². The molecule has 4 unspecified atom stereocenters. The molecule has 6 heteroatoms. The van der Waals surface area contributed by atoms with Crippen molar-refractivity contribution in [2.45, 2.75) is 45.1 Å². The fourth-order valence-corrected chi connectivity index (χ4v) is 3.76. The fraction of sp³-hybridized carbons (Fsp3) is 1.00. The number of phosphoric acid groups is 1. The molecule has 1 aliphatic carbocycles. The maximum atomic E-state index is 11.1. The largest absolute Gasteiger partial charge is 0.756 e. The molecule has 0 aromatic rings. The summed E-state index contributed by atoms with van der Waals surface area (Å²) >= 11 is 0. The lowest BCUT2D eigenvalue weighted by atomic mass is 9.75.